The number of rotatable bonds is 9. The Morgan fingerprint density at radius 2 is 2.00 bits per heavy atom. The van der Waals surface area contributed by atoms with E-state index in [4.69, 9.17) is 5.73 Å². The molecular formula is C19H27N3O5S. The number of aliphatic carboxylic acids is 1. The van der Waals surface area contributed by atoms with Crippen molar-refractivity contribution in [3.63, 3.8) is 0 Å². The Hall–Kier alpha value is -2.26. The van der Waals surface area contributed by atoms with Gasteiger partial charge in [-0.15, -0.1) is 0 Å². The van der Waals surface area contributed by atoms with Crippen molar-refractivity contribution in [1.29, 1.82) is 0 Å². The Balaban J connectivity index is 2.02. The Kier molecular flexibility index (Phi) is 8.13. The molecule has 1 heterocycles. The van der Waals surface area contributed by atoms with Gasteiger partial charge < -0.3 is 26.2 Å². The lowest BCUT2D eigenvalue weighted by Crippen LogP contribution is -2.54. The number of aromatic hydroxyl groups is 1. The highest BCUT2D eigenvalue weighted by molar-refractivity contribution is 7.98. The van der Waals surface area contributed by atoms with Gasteiger partial charge in [-0.05, 0) is 49.0 Å². The molecule has 3 atom stereocenters. The molecular weight excluding hydrogens is 382 g/mol. The molecule has 0 saturated carbocycles. The van der Waals surface area contributed by atoms with Crippen molar-refractivity contribution in [1.82, 2.24) is 10.2 Å². The molecule has 1 aliphatic rings. The van der Waals surface area contributed by atoms with Gasteiger partial charge in [-0.2, -0.15) is 11.8 Å². The van der Waals surface area contributed by atoms with Gasteiger partial charge in [0.15, 0.2) is 0 Å². The highest BCUT2D eigenvalue weighted by atomic mass is 32.2. The van der Waals surface area contributed by atoms with Gasteiger partial charge in [-0.1, -0.05) is 12.1 Å². The standard InChI is InChI=1S/C19H27N3O5S/c1-28-10-8-14(20)18(25)22-9-2-3-16(22)17(24)21-15(19(26)27)11-12-4-6-13(23)7-5-12/h4-7,14-16,23H,2-3,8-11,20H2,1H3,(H,21,24)(H,26,27)/t14-,15-,16-/m0/s1. The summed E-state index contributed by atoms with van der Waals surface area (Å²) in [5.41, 5.74) is 6.63. The predicted octanol–water partition coefficient (Wildman–Crippen LogP) is 0.576. The van der Waals surface area contributed by atoms with Crippen LogP contribution in [0.5, 0.6) is 5.75 Å². The molecule has 1 aromatic rings. The van der Waals surface area contributed by atoms with Gasteiger partial charge >= 0.3 is 5.97 Å². The van der Waals surface area contributed by atoms with Crippen LogP contribution in [0.15, 0.2) is 24.3 Å². The summed E-state index contributed by atoms with van der Waals surface area (Å²) in [4.78, 5) is 38.4. The van der Waals surface area contributed by atoms with Crippen LogP contribution in [-0.4, -0.2) is 69.6 Å². The number of carboxylic acids is 1. The average Bonchev–Trinajstić information content (AvgIpc) is 3.16. The molecule has 1 saturated heterocycles. The number of nitrogens with zero attached hydrogens (tertiary/aromatic N) is 1. The number of amides is 2. The molecule has 0 unspecified atom stereocenters. The molecule has 8 nitrogen and oxygen atoms in total. The molecule has 0 aromatic heterocycles. The molecule has 5 N–H and O–H groups in total. The van der Waals surface area contributed by atoms with Crippen LogP contribution in [0.2, 0.25) is 0 Å². The fourth-order valence-corrected chi connectivity index (χ4v) is 3.71. The molecule has 1 fully saturated rings. The van der Waals surface area contributed by atoms with Gasteiger partial charge in [0.1, 0.15) is 17.8 Å². The first-order valence-electron chi connectivity index (χ1n) is 9.19. The van der Waals surface area contributed by atoms with Crippen LogP contribution < -0.4 is 11.1 Å². The van der Waals surface area contributed by atoms with E-state index >= 15 is 0 Å². The van der Waals surface area contributed by atoms with Crippen LogP contribution in [-0.2, 0) is 20.8 Å². The lowest BCUT2D eigenvalue weighted by Gasteiger charge is -2.27. The third-order valence-corrected chi connectivity index (χ3v) is 5.42. The number of hydrogen-bond donors (Lipinski definition) is 4. The van der Waals surface area contributed by atoms with Gasteiger partial charge in [-0.25, -0.2) is 4.79 Å². The number of nitrogens with one attached hydrogen (secondary N) is 1. The summed E-state index contributed by atoms with van der Waals surface area (Å²) in [7, 11) is 0. The largest absolute Gasteiger partial charge is 0.508 e. The second-order valence-corrected chi connectivity index (χ2v) is 7.83. The number of carbonyl (C=O) groups is 3. The summed E-state index contributed by atoms with van der Waals surface area (Å²) in [5, 5.41) is 21.4. The highest BCUT2D eigenvalue weighted by Gasteiger charge is 2.37. The molecule has 2 rings (SSSR count). The zero-order chi connectivity index (χ0) is 20.7. The monoisotopic (exact) mass is 409 g/mol. The van der Waals surface area contributed by atoms with Crippen LogP contribution in [0.25, 0.3) is 0 Å². The normalized spacial score (nSPS) is 18.5. The third kappa shape index (κ3) is 5.87. The molecule has 0 bridgehead atoms. The van der Waals surface area contributed by atoms with Crippen LogP contribution in [0, 0.1) is 0 Å². The number of thioether (sulfide) groups is 1. The summed E-state index contributed by atoms with van der Waals surface area (Å²) in [5.74, 6) is -1.07. The van der Waals surface area contributed by atoms with Crippen LogP contribution in [0.4, 0.5) is 0 Å². The van der Waals surface area contributed by atoms with Crippen molar-refractivity contribution in [3.05, 3.63) is 29.8 Å². The number of carbonyl (C=O) groups excluding carboxylic acids is 2. The number of likely N-dealkylation sites (tertiary alicyclic amines) is 1. The molecule has 2 amide bonds. The minimum Gasteiger partial charge on any atom is -0.508 e. The maximum Gasteiger partial charge on any atom is 0.326 e. The fraction of sp³-hybridized carbons (Fsp3) is 0.526. The first-order chi connectivity index (χ1) is 13.3. The molecule has 1 aromatic carbocycles. The number of hydrogen-bond acceptors (Lipinski definition) is 6. The quantitative estimate of drug-likeness (QED) is 0.469. The van der Waals surface area contributed by atoms with E-state index in [0.717, 1.165) is 5.75 Å². The van der Waals surface area contributed by atoms with Gasteiger partial charge in [-0.3, -0.25) is 9.59 Å². The first kappa shape index (κ1) is 22.0. The van der Waals surface area contributed by atoms with E-state index in [1.54, 1.807) is 23.9 Å². The van der Waals surface area contributed by atoms with E-state index in [9.17, 15) is 24.6 Å². The molecule has 0 radical (unpaired) electrons. The van der Waals surface area contributed by atoms with Crippen molar-refractivity contribution in [3.8, 4) is 5.75 Å². The smallest absolute Gasteiger partial charge is 0.326 e. The average molecular weight is 410 g/mol. The van der Waals surface area contributed by atoms with E-state index < -0.39 is 30.0 Å². The number of phenolic OH excluding ortho intramolecular Hbond substituents is 1. The molecule has 0 aliphatic carbocycles. The van der Waals surface area contributed by atoms with Crippen molar-refractivity contribution >= 4 is 29.5 Å². The molecule has 9 heteroatoms. The van der Waals surface area contributed by atoms with E-state index in [2.05, 4.69) is 5.32 Å². The Bertz CT molecular complexity index is 697. The molecule has 28 heavy (non-hydrogen) atoms. The predicted molar refractivity (Wildman–Crippen MR) is 107 cm³/mol. The van der Waals surface area contributed by atoms with E-state index in [-0.39, 0.29) is 18.1 Å². The zero-order valence-electron chi connectivity index (χ0n) is 15.8. The Morgan fingerprint density at radius 1 is 1.32 bits per heavy atom. The van der Waals surface area contributed by atoms with E-state index in [1.165, 1.54) is 17.0 Å². The van der Waals surface area contributed by atoms with Gasteiger partial charge in [0, 0.05) is 13.0 Å². The summed E-state index contributed by atoms with van der Waals surface area (Å²) in [6, 6.07) is 3.65. The Labute approximate surface area is 168 Å². The van der Waals surface area contributed by atoms with Gasteiger partial charge in [0.05, 0.1) is 6.04 Å². The Morgan fingerprint density at radius 3 is 2.61 bits per heavy atom. The number of carboxylic acid groups (broad SMARTS) is 1. The summed E-state index contributed by atoms with van der Waals surface area (Å²) >= 11 is 1.60. The number of benzene rings is 1. The summed E-state index contributed by atoms with van der Waals surface area (Å²) in [6.45, 7) is 0.444. The lowest BCUT2D eigenvalue weighted by atomic mass is 10.0. The SMILES string of the molecule is CSCC[C@H](N)C(=O)N1CCC[C@H]1C(=O)N[C@@H](Cc1ccc(O)cc1)C(=O)O. The zero-order valence-corrected chi connectivity index (χ0v) is 16.7. The van der Waals surface area contributed by atoms with Crippen molar-refractivity contribution < 1.29 is 24.6 Å². The minimum atomic E-state index is -1.16. The number of nitrogens with two attached hydrogens (primary N) is 1. The van der Waals surface area contributed by atoms with Gasteiger partial charge in [0.2, 0.25) is 11.8 Å². The van der Waals surface area contributed by atoms with E-state index in [1.807, 2.05) is 6.26 Å². The van der Waals surface area contributed by atoms with Crippen LogP contribution >= 0.6 is 11.8 Å². The minimum absolute atomic E-state index is 0.0786. The third-order valence-electron chi connectivity index (χ3n) is 4.78. The van der Waals surface area contributed by atoms with Crippen molar-refractivity contribution in [2.24, 2.45) is 5.73 Å². The molecule has 154 valence electrons. The van der Waals surface area contributed by atoms with Crippen LogP contribution in [0.3, 0.4) is 0 Å². The second-order valence-electron chi connectivity index (χ2n) is 6.85. The van der Waals surface area contributed by atoms with E-state index in [0.29, 0.717) is 31.4 Å². The van der Waals surface area contributed by atoms with Crippen molar-refractivity contribution in [2.45, 2.75) is 43.8 Å². The first-order valence-corrected chi connectivity index (χ1v) is 10.6. The summed E-state index contributed by atoms with van der Waals surface area (Å²) in [6.07, 6.45) is 3.70. The van der Waals surface area contributed by atoms with Crippen molar-refractivity contribution in [2.75, 3.05) is 18.6 Å². The molecule has 1 aliphatic heterocycles. The second kappa shape index (κ2) is 10.3. The lowest BCUT2D eigenvalue weighted by molar-refractivity contribution is -0.144. The fourth-order valence-electron chi connectivity index (χ4n) is 3.22. The van der Waals surface area contributed by atoms with Crippen LogP contribution in [0.1, 0.15) is 24.8 Å². The summed E-state index contributed by atoms with van der Waals surface area (Å²) < 4.78 is 0. The maximum atomic E-state index is 12.7. The highest BCUT2D eigenvalue weighted by Crippen LogP contribution is 2.20. The topological polar surface area (TPSA) is 133 Å². The van der Waals surface area contributed by atoms with Gasteiger partial charge in [0.25, 0.3) is 0 Å². The number of phenols is 1. The maximum absolute atomic E-state index is 12.7. The molecule has 0 spiro atoms.